The van der Waals surface area contributed by atoms with Gasteiger partial charge in [0.2, 0.25) is 0 Å². The second kappa shape index (κ2) is 3.68. The van der Waals surface area contributed by atoms with Gasteiger partial charge in [-0.25, -0.2) is 9.52 Å². The minimum atomic E-state index is -0.639. The lowest BCUT2D eigenvalue weighted by Crippen LogP contribution is -2.28. The molecule has 0 saturated carbocycles. The normalized spacial score (nSPS) is 10.8. The van der Waals surface area contributed by atoms with E-state index < -0.39 is 11.7 Å². The third-order valence-electron chi connectivity index (χ3n) is 0.528. The Morgan fingerprint density at radius 1 is 1.60 bits per heavy atom. The first-order chi connectivity index (χ1) is 4.45. The largest absolute Gasteiger partial charge is 0.443 e. The molecule has 60 valence electrons. The molecule has 0 aromatic heterocycles. The van der Waals surface area contributed by atoms with Gasteiger partial charge in [0.1, 0.15) is 17.8 Å². The standard InChI is InChI=1S/C5H11NO3S/c1-5(2,3)9-4(7)6-10-8/h8H,1-3H3,(H,6,7). The third kappa shape index (κ3) is 5.71. The fourth-order valence-corrected chi connectivity index (χ4v) is 0.452. The van der Waals surface area contributed by atoms with Gasteiger partial charge in [-0.05, 0) is 20.8 Å². The summed E-state index contributed by atoms with van der Waals surface area (Å²) in [5.74, 6) is 0. The Bertz CT molecular complexity index is 121. The molecule has 0 radical (unpaired) electrons. The smallest absolute Gasteiger partial charge is 0.419 e. The van der Waals surface area contributed by atoms with E-state index in [1.54, 1.807) is 20.8 Å². The Morgan fingerprint density at radius 3 is 2.40 bits per heavy atom. The van der Waals surface area contributed by atoms with Crippen LogP contribution in [0, 0.1) is 0 Å². The van der Waals surface area contributed by atoms with Crippen LogP contribution in [-0.4, -0.2) is 16.2 Å². The lowest BCUT2D eigenvalue weighted by molar-refractivity contribution is 0.0572. The highest BCUT2D eigenvalue weighted by Gasteiger charge is 2.15. The Hall–Kier alpha value is -0.420. The fourth-order valence-electron chi connectivity index (χ4n) is 0.336. The molecule has 0 unspecified atom stereocenters. The van der Waals surface area contributed by atoms with Gasteiger partial charge < -0.3 is 9.29 Å². The van der Waals surface area contributed by atoms with E-state index in [0.717, 1.165) is 0 Å². The zero-order chi connectivity index (χ0) is 8.20. The molecule has 10 heavy (non-hydrogen) atoms. The molecule has 0 aromatic carbocycles. The average Bonchev–Trinajstić information content (AvgIpc) is 1.59. The molecule has 4 nitrogen and oxygen atoms in total. The van der Waals surface area contributed by atoms with Gasteiger partial charge in [-0.3, -0.25) is 0 Å². The predicted octanol–water partition coefficient (Wildman–Crippen LogP) is 1.63. The number of ether oxygens (including phenoxy) is 1. The molecule has 0 heterocycles. The molecule has 0 aliphatic heterocycles. The lowest BCUT2D eigenvalue weighted by Gasteiger charge is -2.18. The van der Waals surface area contributed by atoms with Crippen molar-refractivity contribution in [3.63, 3.8) is 0 Å². The Kier molecular flexibility index (Phi) is 3.52. The molecule has 2 N–H and O–H groups in total. The van der Waals surface area contributed by atoms with Crippen LogP contribution in [-0.2, 0) is 4.74 Å². The van der Waals surface area contributed by atoms with Gasteiger partial charge in [0.05, 0.1) is 0 Å². The molecule has 0 atom stereocenters. The highest BCUT2D eigenvalue weighted by Crippen LogP contribution is 2.06. The summed E-state index contributed by atoms with van der Waals surface area (Å²) in [6.45, 7) is 5.23. The van der Waals surface area contributed by atoms with Crippen LogP contribution in [0.2, 0.25) is 0 Å². The van der Waals surface area contributed by atoms with E-state index in [1.165, 1.54) is 0 Å². The SMILES string of the molecule is CC(C)(C)OC(=O)NSO. The van der Waals surface area contributed by atoms with Crippen LogP contribution in [0.1, 0.15) is 20.8 Å². The number of hydrogen-bond donors (Lipinski definition) is 2. The summed E-state index contributed by atoms with van der Waals surface area (Å²) in [6, 6.07) is 0. The van der Waals surface area contributed by atoms with Gasteiger partial charge in [-0.15, -0.1) is 0 Å². The van der Waals surface area contributed by atoms with Crippen molar-refractivity contribution in [3.05, 3.63) is 0 Å². The summed E-state index contributed by atoms with van der Waals surface area (Å²) in [6.07, 6.45) is -0.639. The molecule has 0 aliphatic carbocycles. The summed E-state index contributed by atoms with van der Waals surface area (Å²) >= 11 is 0.226. The summed E-state index contributed by atoms with van der Waals surface area (Å²) < 4.78 is 14.9. The van der Waals surface area contributed by atoms with Crippen LogP contribution in [0.4, 0.5) is 4.79 Å². The van der Waals surface area contributed by atoms with Gasteiger partial charge in [0.25, 0.3) is 0 Å². The Balaban J connectivity index is 3.58. The summed E-state index contributed by atoms with van der Waals surface area (Å²) in [5, 5.41) is 0. The Morgan fingerprint density at radius 2 is 2.10 bits per heavy atom. The van der Waals surface area contributed by atoms with Gasteiger partial charge in [-0.2, -0.15) is 0 Å². The second-order valence-corrected chi connectivity index (χ2v) is 3.08. The highest BCUT2D eigenvalue weighted by molar-refractivity contribution is 7.92. The maximum absolute atomic E-state index is 10.5. The van der Waals surface area contributed by atoms with Crippen molar-refractivity contribution in [1.29, 1.82) is 0 Å². The molecule has 0 rings (SSSR count). The van der Waals surface area contributed by atoms with Crippen LogP contribution in [0.25, 0.3) is 0 Å². The van der Waals surface area contributed by atoms with Crippen LogP contribution in [0.3, 0.4) is 0 Å². The molecule has 0 aromatic rings. The molecular weight excluding hydrogens is 154 g/mol. The minimum Gasteiger partial charge on any atom is -0.443 e. The first kappa shape index (κ1) is 9.58. The van der Waals surface area contributed by atoms with E-state index in [2.05, 4.69) is 0 Å². The van der Waals surface area contributed by atoms with E-state index in [-0.39, 0.29) is 12.2 Å². The van der Waals surface area contributed by atoms with Crippen molar-refractivity contribution in [2.24, 2.45) is 0 Å². The number of carbonyl (C=O) groups excluding carboxylic acids is 1. The van der Waals surface area contributed by atoms with E-state index in [1.807, 2.05) is 4.72 Å². The lowest BCUT2D eigenvalue weighted by atomic mass is 10.2. The summed E-state index contributed by atoms with van der Waals surface area (Å²) in [4.78, 5) is 10.5. The molecule has 1 amide bonds. The van der Waals surface area contributed by atoms with E-state index in [9.17, 15) is 4.79 Å². The first-order valence-electron chi connectivity index (χ1n) is 2.75. The van der Waals surface area contributed by atoms with Crippen molar-refractivity contribution in [3.8, 4) is 0 Å². The van der Waals surface area contributed by atoms with Crippen molar-refractivity contribution >= 4 is 18.3 Å². The van der Waals surface area contributed by atoms with Crippen LogP contribution in [0.15, 0.2) is 0 Å². The molecule has 5 heteroatoms. The zero-order valence-corrected chi connectivity index (χ0v) is 6.99. The van der Waals surface area contributed by atoms with Crippen LogP contribution < -0.4 is 4.72 Å². The topological polar surface area (TPSA) is 58.6 Å². The summed E-state index contributed by atoms with van der Waals surface area (Å²) in [7, 11) is 0. The van der Waals surface area contributed by atoms with E-state index >= 15 is 0 Å². The van der Waals surface area contributed by atoms with Gasteiger partial charge >= 0.3 is 6.09 Å². The minimum absolute atomic E-state index is 0.226. The quantitative estimate of drug-likeness (QED) is 0.458. The number of hydrogen-bond acceptors (Lipinski definition) is 4. The highest BCUT2D eigenvalue weighted by atomic mass is 32.2. The fraction of sp³-hybridized carbons (Fsp3) is 0.800. The number of carbonyl (C=O) groups is 1. The second-order valence-electron chi connectivity index (χ2n) is 2.70. The molecule has 0 bridgehead atoms. The monoisotopic (exact) mass is 165 g/mol. The first-order valence-corrected chi connectivity index (χ1v) is 3.52. The maximum Gasteiger partial charge on any atom is 0.419 e. The Labute approximate surface area is 64.3 Å². The van der Waals surface area contributed by atoms with Crippen molar-refractivity contribution < 1.29 is 14.1 Å². The number of nitrogens with one attached hydrogen (secondary N) is 1. The van der Waals surface area contributed by atoms with Gasteiger partial charge in [0, 0.05) is 0 Å². The number of rotatable bonds is 1. The number of amides is 1. The molecule has 0 saturated heterocycles. The van der Waals surface area contributed by atoms with Gasteiger partial charge in [-0.1, -0.05) is 0 Å². The third-order valence-corrected chi connectivity index (χ3v) is 0.786. The van der Waals surface area contributed by atoms with Crippen LogP contribution >= 0.6 is 12.2 Å². The van der Waals surface area contributed by atoms with Crippen molar-refractivity contribution in [1.82, 2.24) is 4.72 Å². The molecule has 0 fully saturated rings. The zero-order valence-electron chi connectivity index (χ0n) is 6.17. The molecular formula is C5H11NO3S. The van der Waals surface area contributed by atoms with Crippen molar-refractivity contribution in [2.75, 3.05) is 0 Å². The molecule has 0 spiro atoms. The van der Waals surface area contributed by atoms with Crippen molar-refractivity contribution in [2.45, 2.75) is 26.4 Å². The predicted molar refractivity (Wildman–Crippen MR) is 39.6 cm³/mol. The van der Waals surface area contributed by atoms with Crippen LogP contribution in [0.5, 0.6) is 0 Å². The maximum atomic E-state index is 10.5. The van der Waals surface area contributed by atoms with Gasteiger partial charge in [0.15, 0.2) is 0 Å². The molecule has 0 aliphatic rings. The summed E-state index contributed by atoms with van der Waals surface area (Å²) in [5.41, 5.74) is -0.514. The average molecular weight is 165 g/mol. The van der Waals surface area contributed by atoms with E-state index in [0.29, 0.717) is 0 Å². The van der Waals surface area contributed by atoms with E-state index in [4.69, 9.17) is 9.29 Å².